The summed E-state index contributed by atoms with van der Waals surface area (Å²) in [4.78, 5) is 0.128. The molecule has 0 amide bonds. The lowest BCUT2D eigenvalue weighted by molar-refractivity contribution is 0.601. The zero-order valence-electron chi connectivity index (χ0n) is 16.4. The molecular weight excluding hydrogens is 433 g/mol. The topological polar surface area (TPSA) is 70.2 Å². The molecule has 0 unspecified atom stereocenters. The van der Waals surface area contributed by atoms with Crippen LogP contribution in [0.2, 0.25) is 0 Å². The summed E-state index contributed by atoms with van der Waals surface area (Å²) in [5, 5.41) is 10.1. The second kappa shape index (κ2) is 9.20. The predicted octanol–water partition coefficient (Wildman–Crippen LogP) is 5.84. The van der Waals surface area contributed by atoms with E-state index in [2.05, 4.69) is 15.4 Å². The molecule has 31 heavy (non-hydrogen) atoms. The van der Waals surface area contributed by atoms with Gasteiger partial charge in [-0.3, -0.25) is 4.72 Å². The Morgan fingerprint density at radius 3 is 2.32 bits per heavy atom. The Hall–Kier alpha value is -3.36. The first-order valence-corrected chi connectivity index (χ1v) is 11.9. The summed E-state index contributed by atoms with van der Waals surface area (Å²) in [6, 6.07) is 22.0. The summed E-state index contributed by atoms with van der Waals surface area (Å²) in [7, 11) is -3.77. The highest BCUT2D eigenvalue weighted by molar-refractivity contribution is 7.92. The molecule has 0 fully saturated rings. The molecule has 0 aliphatic rings. The van der Waals surface area contributed by atoms with E-state index in [0.717, 1.165) is 11.1 Å². The molecule has 5 nitrogen and oxygen atoms in total. The molecule has 0 aliphatic carbocycles. The van der Waals surface area contributed by atoms with E-state index in [4.69, 9.17) is 0 Å². The number of sulfonamides is 1. The standard InChI is InChI=1S/C23H20FN3O2S2/c24-21-8-4-5-9-22(21)25-16-26-23-14-19(10-11-20(23)17-12-13-30-15-17)31(28,29)27-18-6-2-1-3-7-18/h1-15,25-27H,16H2. The first-order valence-electron chi connectivity index (χ1n) is 9.50. The molecule has 0 saturated carbocycles. The quantitative estimate of drug-likeness (QED) is 0.293. The Labute approximate surface area is 184 Å². The number of rotatable bonds is 8. The second-order valence-corrected chi connectivity index (χ2v) is 9.16. The van der Waals surface area contributed by atoms with Gasteiger partial charge >= 0.3 is 0 Å². The van der Waals surface area contributed by atoms with Crippen LogP contribution in [0.1, 0.15) is 0 Å². The van der Waals surface area contributed by atoms with Crippen molar-refractivity contribution in [2.45, 2.75) is 4.90 Å². The summed E-state index contributed by atoms with van der Waals surface area (Å²) < 4.78 is 42.2. The molecule has 1 heterocycles. The molecule has 3 N–H and O–H groups in total. The Balaban J connectivity index is 1.61. The predicted molar refractivity (Wildman–Crippen MR) is 126 cm³/mol. The monoisotopic (exact) mass is 453 g/mol. The molecule has 0 aliphatic heterocycles. The fourth-order valence-electron chi connectivity index (χ4n) is 3.07. The molecule has 1 aromatic heterocycles. The van der Waals surface area contributed by atoms with Crippen LogP contribution in [0.5, 0.6) is 0 Å². The zero-order chi connectivity index (χ0) is 21.7. The normalized spacial score (nSPS) is 11.1. The fraction of sp³-hybridized carbons (Fsp3) is 0.0435. The number of anilines is 3. The number of benzene rings is 3. The molecule has 0 bridgehead atoms. The molecule has 4 aromatic rings. The minimum absolute atomic E-state index is 0.128. The number of para-hydroxylation sites is 2. The lowest BCUT2D eigenvalue weighted by Gasteiger charge is -2.16. The lowest BCUT2D eigenvalue weighted by atomic mass is 10.1. The van der Waals surface area contributed by atoms with Crippen LogP contribution in [0.3, 0.4) is 0 Å². The van der Waals surface area contributed by atoms with Crippen molar-refractivity contribution in [3.8, 4) is 11.1 Å². The number of hydrogen-bond donors (Lipinski definition) is 3. The van der Waals surface area contributed by atoms with Crippen molar-refractivity contribution < 1.29 is 12.8 Å². The van der Waals surface area contributed by atoms with E-state index in [9.17, 15) is 12.8 Å². The van der Waals surface area contributed by atoms with Crippen molar-refractivity contribution in [3.05, 3.63) is 95.4 Å². The minimum Gasteiger partial charge on any atom is -0.367 e. The van der Waals surface area contributed by atoms with Gasteiger partial charge in [0.05, 0.1) is 17.3 Å². The number of hydrogen-bond acceptors (Lipinski definition) is 5. The third-order valence-corrected chi connectivity index (χ3v) is 6.65. The van der Waals surface area contributed by atoms with E-state index in [1.54, 1.807) is 72.0 Å². The van der Waals surface area contributed by atoms with Gasteiger partial charge in [-0.25, -0.2) is 12.8 Å². The molecule has 0 spiro atoms. The molecular formula is C23H20FN3O2S2. The summed E-state index contributed by atoms with van der Waals surface area (Å²) in [5.41, 5.74) is 3.30. The maximum atomic E-state index is 13.9. The third kappa shape index (κ3) is 5.04. The van der Waals surface area contributed by atoms with Crippen LogP contribution in [0, 0.1) is 5.82 Å². The van der Waals surface area contributed by atoms with Gasteiger partial charge in [0.2, 0.25) is 0 Å². The van der Waals surface area contributed by atoms with Crippen LogP contribution in [0.15, 0.2) is 94.5 Å². The third-order valence-electron chi connectivity index (χ3n) is 4.59. The number of nitrogens with one attached hydrogen (secondary N) is 3. The van der Waals surface area contributed by atoms with Crippen LogP contribution < -0.4 is 15.4 Å². The van der Waals surface area contributed by atoms with Crippen LogP contribution in [0.25, 0.3) is 11.1 Å². The van der Waals surface area contributed by atoms with E-state index in [1.165, 1.54) is 6.07 Å². The smallest absolute Gasteiger partial charge is 0.261 e. The van der Waals surface area contributed by atoms with Gasteiger partial charge in [0.15, 0.2) is 0 Å². The Morgan fingerprint density at radius 2 is 1.58 bits per heavy atom. The summed E-state index contributed by atoms with van der Waals surface area (Å²) in [6.07, 6.45) is 0. The van der Waals surface area contributed by atoms with Crippen molar-refractivity contribution in [1.29, 1.82) is 0 Å². The Morgan fingerprint density at radius 1 is 0.839 bits per heavy atom. The van der Waals surface area contributed by atoms with Crippen molar-refractivity contribution in [1.82, 2.24) is 0 Å². The number of halogens is 1. The van der Waals surface area contributed by atoms with E-state index < -0.39 is 10.0 Å². The van der Waals surface area contributed by atoms with E-state index in [1.807, 2.05) is 22.9 Å². The van der Waals surface area contributed by atoms with Gasteiger partial charge in [-0.2, -0.15) is 11.3 Å². The second-order valence-electron chi connectivity index (χ2n) is 6.70. The molecule has 3 aromatic carbocycles. The highest BCUT2D eigenvalue weighted by Crippen LogP contribution is 2.32. The van der Waals surface area contributed by atoms with E-state index >= 15 is 0 Å². The van der Waals surface area contributed by atoms with Gasteiger partial charge in [0.1, 0.15) is 5.82 Å². The van der Waals surface area contributed by atoms with Gasteiger partial charge in [0, 0.05) is 16.9 Å². The molecule has 0 saturated heterocycles. The van der Waals surface area contributed by atoms with Crippen molar-refractivity contribution in [2.75, 3.05) is 22.0 Å². The maximum Gasteiger partial charge on any atom is 0.261 e. The lowest BCUT2D eigenvalue weighted by Crippen LogP contribution is -2.16. The Bertz CT molecular complexity index is 1260. The highest BCUT2D eigenvalue weighted by Gasteiger charge is 2.17. The van der Waals surface area contributed by atoms with Crippen LogP contribution in [0.4, 0.5) is 21.5 Å². The van der Waals surface area contributed by atoms with E-state index in [-0.39, 0.29) is 17.4 Å². The fourth-order valence-corrected chi connectivity index (χ4v) is 4.81. The maximum absolute atomic E-state index is 13.9. The number of thiophene rings is 1. The van der Waals surface area contributed by atoms with Crippen LogP contribution in [-0.4, -0.2) is 15.1 Å². The summed E-state index contributed by atoms with van der Waals surface area (Å²) in [5.74, 6) is -0.356. The van der Waals surface area contributed by atoms with Crippen molar-refractivity contribution in [3.63, 3.8) is 0 Å². The van der Waals surface area contributed by atoms with Gasteiger partial charge in [-0.1, -0.05) is 36.4 Å². The largest absolute Gasteiger partial charge is 0.367 e. The first-order chi connectivity index (χ1) is 15.0. The van der Waals surface area contributed by atoms with Crippen molar-refractivity contribution in [2.24, 2.45) is 0 Å². The minimum atomic E-state index is -3.77. The van der Waals surface area contributed by atoms with E-state index in [0.29, 0.717) is 17.1 Å². The van der Waals surface area contributed by atoms with Crippen LogP contribution in [-0.2, 0) is 10.0 Å². The van der Waals surface area contributed by atoms with Gasteiger partial charge in [-0.05, 0) is 58.8 Å². The summed E-state index contributed by atoms with van der Waals surface area (Å²) >= 11 is 1.55. The molecule has 0 radical (unpaired) electrons. The Kier molecular flexibility index (Phi) is 6.20. The average Bonchev–Trinajstić information content (AvgIpc) is 3.30. The SMILES string of the molecule is O=S(=O)(Nc1ccccc1)c1ccc(-c2ccsc2)c(NCNc2ccccc2F)c1. The van der Waals surface area contributed by atoms with Gasteiger partial charge in [-0.15, -0.1) is 0 Å². The zero-order valence-corrected chi connectivity index (χ0v) is 18.0. The molecule has 0 atom stereocenters. The average molecular weight is 454 g/mol. The molecule has 4 rings (SSSR count). The summed E-state index contributed by atoms with van der Waals surface area (Å²) in [6.45, 7) is 0.216. The molecule has 158 valence electrons. The van der Waals surface area contributed by atoms with Gasteiger partial charge < -0.3 is 10.6 Å². The van der Waals surface area contributed by atoms with Gasteiger partial charge in [0.25, 0.3) is 10.0 Å². The van der Waals surface area contributed by atoms with Crippen LogP contribution >= 0.6 is 11.3 Å². The first kappa shape index (κ1) is 20.9. The molecule has 8 heteroatoms. The highest BCUT2D eigenvalue weighted by atomic mass is 32.2. The van der Waals surface area contributed by atoms with Crippen molar-refractivity contribution >= 4 is 38.4 Å².